The molecule has 158 valence electrons. The number of amides is 3. The maximum absolute atomic E-state index is 12.8. The topological polar surface area (TPSA) is 70.7 Å². The number of hydrogen-bond donors (Lipinski definition) is 2. The van der Waals surface area contributed by atoms with E-state index in [1.807, 2.05) is 29.2 Å². The fraction of sp³-hybridized carbons (Fsp3) is 0.652. The third-order valence-corrected chi connectivity index (χ3v) is 6.89. The van der Waals surface area contributed by atoms with Crippen molar-refractivity contribution < 1.29 is 14.3 Å². The Labute approximate surface area is 173 Å². The number of aryl methyl sites for hydroxylation is 1. The highest BCUT2D eigenvalue weighted by Crippen LogP contribution is 2.42. The number of likely N-dealkylation sites (tertiary alicyclic amines) is 1. The first kappa shape index (κ1) is 20.2. The number of nitrogens with zero attached hydrogens (tertiary/aromatic N) is 1. The van der Waals surface area contributed by atoms with Gasteiger partial charge in [0.05, 0.1) is 5.60 Å². The predicted molar refractivity (Wildman–Crippen MR) is 113 cm³/mol. The van der Waals surface area contributed by atoms with Gasteiger partial charge in [-0.3, -0.25) is 4.79 Å². The second-order valence-electron chi connectivity index (χ2n) is 8.94. The summed E-state index contributed by atoms with van der Waals surface area (Å²) in [4.78, 5) is 27.1. The maximum Gasteiger partial charge on any atom is 0.321 e. The zero-order valence-corrected chi connectivity index (χ0v) is 17.6. The number of piperidine rings is 1. The van der Waals surface area contributed by atoms with Crippen LogP contribution in [-0.4, -0.2) is 48.2 Å². The maximum atomic E-state index is 12.8. The Bertz CT molecular complexity index is 763. The van der Waals surface area contributed by atoms with Crippen molar-refractivity contribution >= 4 is 17.6 Å². The van der Waals surface area contributed by atoms with Gasteiger partial charge in [-0.05, 0) is 56.1 Å². The van der Waals surface area contributed by atoms with Crippen molar-refractivity contribution in [3.8, 4) is 0 Å². The minimum absolute atomic E-state index is 0.0392. The van der Waals surface area contributed by atoms with E-state index in [9.17, 15) is 9.59 Å². The summed E-state index contributed by atoms with van der Waals surface area (Å²) in [7, 11) is 0. The molecule has 4 rings (SSSR count). The third kappa shape index (κ3) is 4.42. The number of benzene rings is 1. The molecule has 3 atom stereocenters. The fourth-order valence-electron chi connectivity index (χ4n) is 4.68. The van der Waals surface area contributed by atoms with Gasteiger partial charge >= 0.3 is 6.03 Å². The van der Waals surface area contributed by atoms with E-state index in [1.54, 1.807) is 0 Å². The Kier molecular flexibility index (Phi) is 5.81. The van der Waals surface area contributed by atoms with Crippen LogP contribution >= 0.6 is 0 Å². The van der Waals surface area contributed by atoms with Gasteiger partial charge in [-0.25, -0.2) is 4.79 Å². The number of carbonyl (C=O) groups is 2. The molecule has 2 aliphatic heterocycles. The molecule has 0 aromatic heterocycles. The van der Waals surface area contributed by atoms with Gasteiger partial charge in [0, 0.05) is 31.2 Å². The lowest BCUT2D eigenvalue weighted by atomic mass is 9.80. The molecule has 1 spiro atoms. The van der Waals surface area contributed by atoms with Crippen molar-refractivity contribution in [1.82, 2.24) is 10.2 Å². The number of para-hydroxylation sites is 1. The molecule has 2 N–H and O–H groups in total. The highest BCUT2D eigenvalue weighted by Gasteiger charge is 2.49. The molecule has 1 aromatic rings. The number of nitrogens with one attached hydrogen (secondary N) is 2. The number of urea groups is 1. The molecule has 3 amide bonds. The van der Waals surface area contributed by atoms with Gasteiger partial charge in [-0.15, -0.1) is 0 Å². The second-order valence-corrected chi connectivity index (χ2v) is 8.94. The zero-order chi connectivity index (χ0) is 20.4. The number of hydrogen-bond acceptors (Lipinski definition) is 3. The molecule has 3 aliphatic rings. The minimum atomic E-state index is -0.340. The predicted octanol–water partition coefficient (Wildman–Crippen LogP) is 3.57. The van der Waals surface area contributed by atoms with Crippen molar-refractivity contribution in [1.29, 1.82) is 0 Å². The van der Waals surface area contributed by atoms with E-state index in [1.165, 1.54) is 12.8 Å². The first-order chi connectivity index (χ1) is 14.0. The summed E-state index contributed by atoms with van der Waals surface area (Å²) in [5.41, 5.74) is 1.75. The van der Waals surface area contributed by atoms with Gasteiger partial charge in [-0.1, -0.05) is 32.0 Å². The summed E-state index contributed by atoms with van der Waals surface area (Å²) in [6.45, 7) is 6.32. The normalized spacial score (nSPS) is 29.1. The lowest BCUT2D eigenvalue weighted by Crippen LogP contribution is -2.54. The van der Waals surface area contributed by atoms with E-state index in [0.717, 1.165) is 43.5 Å². The Morgan fingerprint density at radius 1 is 1.21 bits per heavy atom. The molecule has 0 bridgehead atoms. The van der Waals surface area contributed by atoms with Gasteiger partial charge in [0.2, 0.25) is 5.91 Å². The Morgan fingerprint density at radius 2 is 2.00 bits per heavy atom. The Morgan fingerprint density at radius 3 is 2.72 bits per heavy atom. The largest absolute Gasteiger partial charge is 0.362 e. The lowest BCUT2D eigenvalue weighted by Gasteiger charge is -2.44. The summed E-state index contributed by atoms with van der Waals surface area (Å²) in [5.74, 6) is 0.912. The number of ether oxygens (including phenoxy) is 1. The van der Waals surface area contributed by atoms with E-state index in [0.29, 0.717) is 19.0 Å². The van der Waals surface area contributed by atoms with Gasteiger partial charge in [0.25, 0.3) is 0 Å². The summed E-state index contributed by atoms with van der Waals surface area (Å²) in [5, 5.41) is 6.12. The molecule has 0 radical (unpaired) electrons. The summed E-state index contributed by atoms with van der Waals surface area (Å²) in [6, 6.07) is 7.89. The van der Waals surface area contributed by atoms with Crippen molar-refractivity contribution in [3.05, 3.63) is 29.8 Å². The van der Waals surface area contributed by atoms with Crippen LogP contribution in [-0.2, 0) is 16.0 Å². The third-order valence-electron chi connectivity index (χ3n) is 6.89. The summed E-state index contributed by atoms with van der Waals surface area (Å²) < 4.78 is 6.33. The van der Waals surface area contributed by atoms with Gasteiger partial charge < -0.3 is 20.3 Å². The average Bonchev–Trinajstić information content (AvgIpc) is 3.46. The molecule has 3 fully saturated rings. The number of rotatable bonds is 5. The van der Waals surface area contributed by atoms with E-state index in [4.69, 9.17) is 4.74 Å². The quantitative estimate of drug-likeness (QED) is 0.795. The molecule has 6 nitrogen and oxygen atoms in total. The zero-order valence-electron chi connectivity index (χ0n) is 17.6. The SMILES string of the molecule is CCc1ccccc1NC(=O)N1CC[C@]2(CC[C@H](C(=O)NCC3CC3)O2)[C@@H](C)C1. The average molecular weight is 400 g/mol. The van der Waals surface area contributed by atoms with Crippen LogP contribution in [0.15, 0.2) is 24.3 Å². The molecule has 1 aliphatic carbocycles. The van der Waals surface area contributed by atoms with Crippen LogP contribution in [0.1, 0.15) is 51.5 Å². The van der Waals surface area contributed by atoms with Gasteiger partial charge in [-0.2, -0.15) is 0 Å². The molecule has 29 heavy (non-hydrogen) atoms. The van der Waals surface area contributed by atoms with Crippen molar-refractivity contribution in [2.24, 2.45) is 11.8 Å². The summed E-state index contributed by atoms with van der Waals surface area (Å²) in [6.07, 6.45) is 5.45. The van der Waals surface area contributed by atoms with Crippen LogP contribution < -0.4 is 10.6 Å². The monoisotopic (exact) mass is 399 g/mol. The number of carbonyl (C=O) groups excluding carboxylic acids is 2. The number of anilines is 1. The first-order valence-electron chi connectivity index (χ1n) is 11.1. The molecule has 6 heteroatoms. The van der Waals surface area contributed by atoms with Crippen molar-refractivity contribution in [3.63, 3.8) is 0 Å². The molecule has 1 saturated carbocycles. The van der Waals surface area contributed by atoms with Crippen LogP contribution in [0.2, 0.25) is 0 Å². The highest BCUT2D eigenvalue weighted by molar-refractivity contribution is 5.90. The van der Waals surface area contributed by atoms with E-state index >= 15 is 0 Å². The van der Waals surface area contributed by atoms with E-state index < -0.39 is 0 Å². The first-order valence-corrected chi connectivity index (χ1v) is 11.1. The Balaban J connectivity index is 1.32. The summed E-state index contributed by atoms with van der Waals surface area (Å²) >= 11 is 0. The van der Waals surface area contributed by atoms with Crippen LogP contribution in [0.3, 0.4) is 0 Å². The van der Waals surface area contributed by atoms with E-state index in [-0.39, 0.29) is 29.6 Å². The highest BCUT2D eigenvalue weighted by atomic mass is 16.5. The van der Waals surface area contributed by atoms with E-state index in [2.05, 4.69) is 24.5 Å². The van der Waals surface area contributed by atoms with Gasteiger partial charge in [0.1, 0.15) is 6.10 Å². The van der Waals surface area contributed by atoms with Crippen LogP contribution in [0.25, 0.3) is 0 Å². The Hall–Kier alpha value is -2.08. The van der Waals surface area contributed by atoms with Crippen LogP contribution in [0.4, 0.5) is 10.5 Å². The van der Waals surface area contributed by atoms with Crippen LogP contribution in [0, 0.1) is 11.8 Å². The van der Waals surface area contributed by atoms with Gasteiger partial charge in [0.15, 0.2) is 0 Å². The van der Waals surface area contributed by atoms with Crippen molar-refractivity contribution in [2.45, 2.75) is 64.1 Å². The fourth-order valence-corrected chi connectivity index (χ4v) is 4.68. The molecule has 2 heterocycles. The smallest absolute Gasteiger partial charge is 0.321 e. The standard InChI is InChI=1S/C23H33N3O3/c1-3-18-6-4-5-7-19(18)25-22(28)26-13-12-23(16(2)15-26)11-10-20(29-23)21(27)24-14-17-8-9-17/h4-7,16-17,20H,3,8-15H2,1-2H3,(H,24,27)(H,25,28)/t16-,20+,23+/m0/s1. The lowest BCUT2D eigenvalue weighted by molar-refractivity contribution is -0.146. The molecular weight excluding hydrogens is 366 g/mol. The molecule has 2 saturated heterocycles. The second kappa shape index (κ2) is 8.34. The van der Waals surface area contributed by atoms with Crippen LogP contribution in [0.5, 0.6) is 0 Å². The van der Waals surface area contributed by atoms with Crippen molar-refractivity contribution in [2.75, 3.05) is 25.0 Å². The minimum Gasteiger partial charge on any atom is -0.362 e. The molecular formula is C23H33N3O3. The molecule has 1 aromatic carbocycles. The molecule has 0 unspecified atom stereocenters.